The Bertz CT molecular complexity index is 1290. The topological polar surface area (TPSA) is 108 Å². The number of anilines is 3. The zero-order valence-electron chi connectivity index (χ0n) is 20.6. The molecule has 1 aromatic heterocycles. The minimum atomic E-state index is -5.08. The maximum absolute atomic E-state index is 13.7. The number of carbonyl (C=O) groups excluding carboxylic acids is 1. The van der Waals surface area contributed by atoms with Crippen LogP contribution in [0.1, 0.15) is 11.1 Å². The zero-order valence-corrected chi connectivity index (χ0v) is 21.3. The van der Waals surface area contributed by atoms with E-state index in [1.807, 2.05) is 59.5 Å². The third kappa shape index (κ3) is 7.15. The molecule has 1 amide bonds. The molecule has 206 valence electrons. The van der Waals surface area contributed by atoms with E-state index >= 15 is 0 Å². The molecule has 0 spiro atoms. The largest absolute Gasteiger partial charge is 0.490 e. The van der Waals surface area contributed by atoms with Gasteiger partial charge in [-0.1, -0.05) is 54.1 Å². The van der Waals surface area contributed by atoms with Gasteiger partial charge in [-0.3, -0.25) is 9.69 Å². The Morgan fingerprint density at radius 2 is 1.69 bits per heavy atom. The monoisotopic (exact) mass is 563 g/mol. The number of carbonyl (C=O) groups is 2. The van der Waals surface area contributed by atoms with Gasteiger partial charge in [0.15, 0.2) is 11.6 Å². The van der Waals surface area contributed by atoms with Crippen LogP contribution in [-0.4, -0.2) is 65.5 Å². The number of hydrogen-bond donors (Lipinski definition) is 2. The van der Waals surface area contributed by atoms with Crippen LogP contribution in [0.15, 0.2) is 60.9 Å². The van der Waals surface area contributed by atoms with Gasteiger partial charge in [0.1, 0.15) is 18.1 Å². The van der Waals surface area contributed by atoms with Gasteiger partial charge in [-0.25, -0.2) is 14.8 Å². The van der Waals surface area contributed by atoms with Gasteiger partial charge < -0.3 is 20.1 Å². The molecule has 5 rings (SSSR count). The van der Waals surface area contributed by atoms with Gasteiger partial charge in [0, 0.05) is 24.5 Å². The number of carboxylic acid groups (broad SMARTS) is 1. The molecule has 0 bridgehead atoms. The molecule has 1 unspecified atom stereocenters. The molecular formula is C26H25ClF3N5O4. The van der Waals surface area contributed by atoms with Crippen molar-refractivity contribution in [1.29, 1.82) is 0 Å². The number of nitrogens with zero attached hydrogens (tertiary/aromatic N) is 4. The van der Waals surface area contributed by atoms with E-state index in [1.165, 1.54) is 0 Å². The van der Waals surface area contributed by atoms with E-state index in [2.05, 4.69) is 20.2 Å². The summed E-state index contributed by atoms with van der Waals surface area (Å²) in [6.07, 6.45) is -2.94. The number of halogens is 4. The fourth-order valence-electron chi connectivity index (χ4n) is 4.17. The first-order valence-electron chi connectivity index (χ1n) is 12.0. The first-order chi connectivity index (χ1) is 18.6. The Balaban J connectivity index is 0.000000448. The summed E-state index contributed by atoms with van der Waals surface area (Å²) >= 11 is 6.08. The van der Waals surface area contributed by atoms with Crippen LogP contribution in [0.5, 0.6) is 0 Å². The molecule has 2 aliphatic rings. The molecule has 3 aromatic rings. The van der Waals surface area contributed by atoms with Crippen molar-refractivity contribution in [1.82, 2.24) is 9.97 Å². The van der Waals surface area contributed by atoms with Crippen molar-refractivity contribution in [2.75, 3.05) is 41.4 Å². The molecule has 1 fully saturated rings. The lowest BCUT2D eigenvalue weighted by atomic mass is 10.0. The highest BCUT2D eigenvalue weighted by Crippen LogP contribution is 2.39. The second-order valence-corrected chi connectivity index (χ2v) is 9.17. The number of morpholine rings is 1. The van der Waals surface area contributed by atoms with Crippen LogP contribution in [0.3, 0.4) is 0 Å². The van der Waals surface area contributed by atoms with Gasteiger partial charge >= 0.3 is 12.1 Å². The summed E-state index contributed by atoms with van der Waals surface area (Å²) in [4.78, 5) is 35.7. The summed E-state index contributed by atoms with van der Waals surface area (Å²) in [5, 5.41) is 11.2. The van der Waals surface area contributed by atoms with Crippen LogP contribution in [0, 0.1) is 0 Å². The Hall–Kier alpha value is -3.90. The van der Waals surface area contributed by atoms with E-state index in [1.54, 1.807) is 6.33 Å². The van der Waals surface area contributed by atoms with Crippen molar-refractivity contribution in [2.24, 2.45) is 0 Å². The summed E-state index contributed by atoms with van der Waals surface area (Å²) in [6, 6.07) is 17.2. The number of nitrogens with one attached hydrogen (secondary N) is 1. The van der Waals surface area contributed by atoms with E-state index in [9.17, 15) is 18.0 Å². The van der Waals surface area contributed by atoms with Crippen LogP contribution >= 0.6 is 11.6 Å². The van der Waals surface area contributed by atoms with Crippen LogP contribution in [-0.2, 0) is 27.3 Å². The number of carboxylic acids is 1. The minimum absolute atomic E-state index is 0.000567. The highest BCUT2D eigenvalue weighted by Gasteiger charge is 2.38. The van der Waals surface area contributed by atoms with Crippen LogP contribution in [0.4, 0.5) is 30.5 Å². The molecule has 2 aliphatic heterocycles. The highest BCUT2D eigenvalue weighted by molar-refractivity contribution is 6.30. The second-order valence-electron chi connectivity index (χ2n) is 8.73. The number of amides is 1. The summed E-state index contributed by atoms with van der Waals surface area (Å²) < 4.78 is 37.2. The number of alkyl halides is 3. The molecule has 9 nitrogen and oxygen atoms in total. The number of aromatic nitrogens is 2. The lowest BCUT2D eigenvalue weighted by Gasteiger charge is -2.38. The number of hydrogen-bond acceptors (Lipinski definition) is 7. The Labute approximate surface area is 227 Å². The number of benzene rings is 2. The first-order valence-corrected chi connectivity index (χ1v) is 12.4. The summed E-state index contributed by atoms with van der Waals surface area (Å²) in [7, 11) is 0. The van der Waals surface area contributed by atoms with Crippen molar-refractivity contribution >= 4 is 40.8 Å². The fraction of sp³-hybridized carbons (Fsp3) is 0.308. The molecule has 0 radical (unpaired) electrons. The molecule has 0 saturated carbocycles. The quantitative estimate of drug-likeness (QED) is 0.476. The van der Waals surface area contributed by atoms with E-state index in [0.29, 0.717) is 37.0 Å². The van der Waals surface area contributed by atoms with E-state index in [-0.39, 0.29) is 5.91 Å². The lowest BCUT2D eigenvalue weighted by Crippen LogP contribution is -2.49. The van der Waals surface area contributed by atoms with Gasteiger partial charge in [-0.15, -0.1) is 0 Å². The second kappa shape index (κ2) is 12.3. The number of ether oxygens (including phenoxy) is 1. The van der Waals surface area contributed by atoms with Gasteiger partial charge in [-0.05, 0) is 23.3 Å². The first kappa shape index (κ1) is 28.1. The van der Waals surface area contributed by atoms with Gasteiger partial charge in [-0.2, -0.15) is 13.2 Å². The fourth-order valence-corrected chi connectivity index (χ4v) is 4.30. The number of aliphatic carboxylic acids is 1. The molecule has 0 aliphatic carbocycles. The molecule has 13 heteroatoms. The van der Waals surface area contributed by atoms with E-state index < -0.39 is 18.2 Å². The Morgan fingerprint density at radius 1 is 1.05 bits per heavy atom. The maximum Gasteiger partial charge on any atom is 0.490 e. The predicted octanol–water partition coefficient (Wildman–Crippen LogP) is 4.17. The molecule has 39 heavy (non-hydrogen) atoms. The van der Waals surface area contributed by atoms with Crippen molar-refractivity contribution in [3.63, 3.8) is 0 Å². The maximum atomic E-state index is 13.7. The molecular weight excluding hydrogens is 539 g/mol. The van der Waals surface area contributed by atoms with Crippen LogP contribution in [0.2, 0.25) is 5.02 Å². The smallest absolute Gasteiger partial charge is 0.475 e. The zero-order chi connectivity index (χ0) is 28.0. The Morgan fingerprint density at radius 3 is 2.31 bits per heavy atom. The summed E-state index contributed by atoms with van der Waals surface area (Å²) in [5.74, 6) is -1.32. The lowest BCUT2D eigenvalue weighted by molar-refractivity contribution is -0.192. The normalized spacial score (nSPS) is 17.0. The third-order valence-corrected chi connectivity index (χ3v) is 6.29. The third-order valence-electron chi connectivity index (χ3n) is 6.04. The SMILES string of the molecule is O=C(O)C(F)(F)F.O=C1C(Cc2ccccc2)Nc2ncnc(N3CCOCC3)c2N1Cc1ccc(Cl)cc1. The van der Waals surface area contributed by atoms with Gasteiger partial charge in [0.2, 0.25) is 5.91 Å². The summed E-state index contributed by atoms with van der Waals surface area (Å²) in [5.41, 5.74) is 2.81. The number of fused-ring (bicyclic) bond motifs is 1. The van der Waals surface area contributed by atoms with Gasteiger partial charge in [0.05, 0.1) is 19.8 Å². The van der Waals surface area contributed by atoms with Crippen molar-refractivity contribution < 1.29 is 32.6 Å². The molecule has 1 atom stereocenters. The molecule has 2 N–H and O–H groups in total. The van der Waals surface area contributed by atoms with Crippen LogP contribution < -0.4 is 15.1 Å². The highest BCUT2D eigenvalue weighted by atomic mass is 35.5. The van der Waals surface area contributed by atoms with E-state index in [4.69, 9.17) is 26.2 Å². The van der Waals surface area contributed by atoms with E-state index in [0.717, 1.165) is 35.7 Å². The average Bonchev–Trinajstić information content (AvgIpc) is 2.92. The molecule has 3 heterocycles. The van der Waals surface area contributed by atoms with Crippen molar-refractivity contribution in [2.45, 2.75) is 25.2 Å². The van der Waals surface area contributed by atoms with Crippen molar-refractivity contribution in [3.8, 4) is 0 Å². The van der Waals surface area contributed by atoms with Gasteiger partial charge in [0.25, 0.3) is 0 Å². The predicted molar refractivity (Wildman–Crippen MR) is 139 cm³/mol. The van der Waals surface area contributed by atoms with Crippen LogP contribution in [0.25, 0.3) is 0 Å². The minimum Gasteiger partial charge on any atom is -0.475 e. The average molecular weight is 564 g/mol. The standard InChI is InChI=1S/C24H24ClN5O2.C2HF3O2/c25-19-8-6-18(7-9-19)15-30-21-22(26-16-27-23(21)29-10-12-32-13-11-29)28-20(24(30)31)14-17-4-2-1-3-5-17;3-2(4,5)1(6)7/h1-9,16,20H,10-15H2,(H,26,27,28);(H,6,7). The molecule has 2 aromatic carbocycles. The Kier molecular flexibility index (Phi) is 8.87. The summed E-state index contributed by atoms with van der Waals surface area (Å²) in [6.45, 7) is 3.13. The molecule has 1 saturated heterocycles. The van der Waals surface area contributed by atoms with Crippen molar-refractivity contribution in [3.05, 3.63) is 77.1 Å². The number of rotatable bonds is 5.